The fourth-order valence-corrected chi connectivity index (χ4v) is 5.90. The fourth-order valence-electron chi connectivity index (χ4n) is 1.44. The van der Waals surface area contributed by atoms with E-state index in [1.807, 2.05) is 13.8 Å². The molecule has 18 heavy (non-hydrogen) atoms. The van der Waals surface area contributed by atoms with Gasteiger partial charge in [-0.3, -0.25) is 0 Å². The van der Waals surface area contributed by atoms with Crippen molar-refractivity contribution < 1.29 is 8.42 Å². The summed E-state index contributed by atoms with van der Waals surface area (Å²) in [4.78, 5) is 0. The van der Waals surface area contributed by atoms with Crippen molar-refractivity contribution in [1.82, 2.24) is 4.31 Å². The highest BCUT2D eigenvalue weighted by Gasteiger charge is 2.28. The molecule has 0 aliphatic heterocycles. The topological polar surface area (TPSA) is 37.4 Å². The molecule has 0 amide bonds. The van der Waals surface area contributed by atoms with Gasteiger partial charge in [-0.15, -0.1) is 11.3 Å². The summed E-state index contributed by atoms with van der Waals surface area (Å²) in [5.74, 6) is 0. The first kappa shape index (κ1) is 16.9. The fraction of sp³-hybridized carbons (Fsp3) is 0.600. The van der Waals surface area contributed by atoms with E-state index in [9.17, 15) is 8.42 Å². The predicted molar refractivity (Wildman–Crippen MR) is 84.5 cm³/mol. The summed E-state index contributed by atoms with van der Waals surface area (Å²) >= 11 is 13.6. The van der Waals surface area contributed by atoms with E-state index < -0.39 is 10.0 Å². The lowest BCUT2D eigenvalue weighted by Crippen LogP contribution is -2.37. The molecule has 1 heterocycles. The van der Waals surface area contributed by atoms with Crippen LogP contribution in [-0.4, -0.2) is 30.6 Å². The van der Waals surface area contributed by atoms with Crippen LogP contribution in [0.3, 0.4) is 0 Å². The second-order valence-corrected chi connectivity index (χ2v) is 9.63. The van der Waals surface area contributed by atoms with Crippen molar-refractivity contribution in [3.05, 3.63) is 14.9 Å². The van der Waals surface area contributed by atoms with Crippen LogP contribution in [0.1, 0.15) is 20.3 Å². The second kappa shape index (κ2) is 7.04. The van der Waals surface area contributed by atoms with Gasteiger partial charge in [-0.1, -0.05) is 27.5 Å². The third kappa shape index (κ3) is 3.93. The molecular weight excluding hydrogens is 426 g/mol. The minimum Gasteiger partial charge on any atom is -0.206 e. The molecule has 0 spiro atoms. The Balaban J connectivity index is 3.08. The molecule has 0 unspecified atom stereocenters. The van der Waals surface area contributed by atoms with Gasteiger partial charge in [-0.2, -0.15) is 4.31 Å². The third-order valence-electron chi connectivity index (χ3n) is 2.27. The van der Waals surface area contributed by atoms with Crippen LogP contribution in [0, 0.1) is 0 Å². The Bertz CT molecular complexity index is 482. The lowest BCUT2D eigenvalue weighted by Gasteiger charge is -2.24. The Hall–Kier alpha value is 0.860. The minimum atomic E-state index is -3.46. The van der Waals surface area contributed by atoms with E-state index in [4.69, 9.17) is 11.6 Å². The van der Waals surface area contributed by atoms with Gasteiger partial charge in [0.2, 0.25) is 0 Å². The molecule has 1 aromatic heterocycles. The molecule has 3 nitrogen and oxygen atoms in total. The molecule has 8 heteroatoms. The summed E-state index contributed by atoms with van der Waals surface area (Å²) in [6, 6.07) is 1.42. The lowest BCUT2D eigenvalue weighted by molar-refractivity contribution is 0.356. The highest BCUT2D eigenvalue weighted by atomic mass is 79.9. The summed E-state index contributed by atoms with van der Waals surface area (Å²) < 4.78 is 27.4. The second-order valence-electron chi connectivity index (χ2n) is 3.94. The van der Waals surface area contributed by atoms with Crippen molar-refractivity contribution in [2.24, 2.45) is 0 Å². The Labute approximate surface area is 134 Å². The maximum absolute atomic E-state index is 12.5. The zero-order chi connectivity index (χ0) is 13.9. The van der Waals surface area contributed by atoms with E-state index in [2.05, 4.69) is 31.9 Å². The molecule has 0 atom stereocenters. The molecule has 0 aliphatic rings. The summed E-state index contributed by atoms with van der Waals surface area (Å²) in [5.41, 5.74) is 0. The molecule has 1 rings (SSSR count). The minimum absolute atomic E-state index is 0.0753. The average Bonchev–Trinajstić information content (AvgIpc) is 2.59. The van der Waals surface area contributed by atoms with Crippen LogP contribution in [0.25, 0.3) is 0 Å². The van der Waals surface area contributed by atoms with Gasteiger partial charge >= 0.3 is 0 Å². The summed E-state index contributed by atoms with van der Waals surface area (Å²) in [7, 11) is -3.46. The highest BCUT2D eigenvalue weighted by Crippen LogP contribution is 2.36. The normalized spacial score (nSPS) is 12.6. The first-order chi connectivity index (χ1) is 8.30. The number of hydrogen-bond acceptors (Lipinski definition) is 3. The third-order valence-corrected chi connectivity index (χ3v) is 7.83. The van der Waals surface area contributed by atoms with Crippen molar-refractivity contribution in [3.8, 4) is 0 Å². The van der Waals surface area contributed by atoms with Crippen LogP contribution >= 0.6 is 54.8 Å². The molecular formula is C10H14Br2ClNO2S2. The quantitative estimate of drug-likeness (QED) is 0.618. The molecule has 0 saturated carbocycles. The first-order valence-corrected chi connectivity index (χ1v) is 9.88. The predicted octanol–water partition coefficient (Wildman–Crippen LogP) is 4.35. The molecule has 0 N–H and O–H groups in total. The molecule has 0 saturated heterocycles. The Morgan fingerprint density at radius 2 is 2.11 bits per heavy atom. The standard InChI is InChI=1S/C10H14Br2ClNO2S2/c1-7(2)14(5-3-4-11)18(15,16)9-6-8(13)10(12)17-9/h6-7H,3-5H2,1-2H3. The van der Waals surface area contributed by atoms with Crippen molar-refractivity contribution >= 4 is 64.8 Å². The van der Waals surface area contributed by atoms with Gasteiger partial charge in [-0.25, -0.2) is 8.42 Å². The van der Waals surface area contributed by atoms with Gasteiger partial charge in [0.25, 0.3) is 10.0 Å². The largest absolute Gasteiger partial charge is 0.252 e. The lowest BCUT2D eigenvalue weighted by atomic mass is 10.4. The van der Waals surface area contributed by atoms with Gasteiger partial charge in [0, 0.05) is 17.9 Å². The summed E-state index contributed by atoms with van der Waals surface area (Å²) in [6.45, 7) is 4.24. The molecule has 0 fully saturated rings. The van der Waals surface area contributed by atoms with Gasteiger partial charge in [0.1, 0.15) is 4.21 Å². The number of hydrogen-bond donors (Lipinski definition) is 0. The van der Waals surface area contributed by atoms with Crippen molar-refractivity contribution in [2.45, 2.75) is 30.5 Å². The maximum Gasteiger partial charge on any atom is 0.252 e. The van der Waals surface area contributed by atoms with E-state index >= 15 is 0 Å². The number of rotatable bonds is 6. The van der Waals surface area contributed by atoms with Crippen LogP contribution < -0.4 is 0 Å². The van der Waals surface area contributed by atoms with Crippen LogP contribution in [-0.2, 0) is 10.0 Å². The van der Waals surface area contributed by atoms with E-state index in [0.29, 0.717) is 15.4 Å². The van der Waals surface area contributed by atoms with Crippen molar-refractivity contribution in [3.63, 3.8) is 0 Å². The number of sulfonamides is 1. The SMILES string of the molecule is CC(C)N(CCCBr)S(=O)(=O)c1cc(Cl)c(Br)s1. The smallest absolute Gasteiger partial charge is 0.206 e. The van der Waals surface area contributed by atoms with E-state index in [1.54, 1.807) is 0 Å². The number of halogens is 3. The number of nitrogens with zero attached hydrogens (tertiary/aromatic N) is 1. The molecule has 1 aromatic rings. The Kier molecular flexibility index (Phi) is 6.61. The Morgan fingerprint density at radius 3 is 2.50 bits per heavy atom. The van der Waals surface area contributed by atoms with Crippen LogP contribution in [0.5, 0.6) is 0 Å². The molecule has 0 radical (unpaired) electrons. The van der Waals surface area contributed by atoms with Gasteiger partial charge in [0.05, 0.1) is 8.81 Å². The van der Waals surface area contributed by atoms with Crippen molar-refractivity contribution in [2.75, 3.05) is 11.9 Å². The Morgan fingerprint density at radius 1 is 1.50 bits per heavy atom. The van der Waals surface area contributed by atoms with Crippen LogP contribution in [0.2, 0.25) is 5.02 Å². The summed E-state index contributed by atoms with van der Waals surface area (Å²) in [5, 5.41) is 1.21. The molecule has 0 aromatic carbocycles. The van der Waals surface area contributed by atoms with Crippen molar-refractivity contribution in [1.29, 1.82) is 0 Å². The molecule has 0 aliphatic carbocycles. The maximum atomic E-state index is 12.5. The molecule has 0 bridgehead atoms. The summed E-state index contributed by atoms with van der Waals surface area (Å²) in [6.07, 6.45) is 0.775. The van der Waals surface area contributed by atoms with Gasteiger partial charge in [-0.05, 0) is 42.3 Å². The van der Waals surface area contributed by atoms with Crippen LogP contribution in [0.4, 0.5) is 0 Å². The monoisotopic (exact) mass is 437 g/mol. The number of alkyl halides is 1. The van der Waals surface area contributed by atoms with Crippen LogP contribution in [0.15, 0.2) is 14.1 Å². The number of thiophene rings is 1. The first-order valence-electron chi connectivity index (χ1n) is 5.33. The zero-order valence-electron chi connectivity index (χ0n) is 9.99. The highest BCUT2D eigenvalue weighted by molar-refractivity contribution is 9.11. The van der Waals surface area contributed by atoms with E-state index in [0.717, 1.165) is 23.1 Å². The average molecular weight is 440 g/mol. The van der Waals surface area contributed by atoms with E-state index in [-0.39, 0.29) is 10.3 Å². The molecule has 104 valence electrons. The van der Waals surface area contributed by atoms with E-state index in [1.165, 1.54) is 10.4 Å². The zero-order valence-corrected chi connectivity index (χ0v) is 15.6. The van der Waals surface area contributed by atoms with Gasteiger partial charge in [0.15, 0.2) is 0 Å². The van der Waals surface area contributed by atoms with Gasteiger partial charge < -0.3 is 0 Å².